The Kier molecular flexibility index (Phi) is 6.64. The van der Waals surface area contributed by atoms with Crippen molar-refractivity contribution in [2.75, 3.05) is 5.32 Å². The van der Waals surface area contributed by atoms with E-state index in [4.69, 9.17) is 0 Å². The maximum Gasteiger partial charge on any atom is 0.270 e. The number of benzene rings is 3. The van der Waals surface area contributed by atoms with Gasteiger partial charge in [-0.15, -0.1) is 10.2 Å². The molecule has 9 heteroatoms. The SMILES string of the molecule is Cc1ccc(C(=O)Nc2nnc(S(=O)(=O)N[C@@H](c3ccccc3)c3ccccc3C)s2)cc1. The summed E-state index contributed by atoms with van der Waals surface area (Å²) in [7, 11) is -4.01. The standard InChI is InChI=1S/C24H22N4O3S2/c1-16-12-14-19(15-13-16)22(29)25-23-26-27-24(32-23)33(30,31)28-21(18-9-4-3-5-10-18)20-11-7-6-8-17(20)2/h3-15,21,28H,1-2H3,(H,25,26,29)/t21-/m0/s1. The van der Waals surface area contributed by atoms with Gasteiger partial charge in [0, 0.05) is 5.56 Å². The number of aromatic nitrogens is 2. The number of amides is 1. The molecule has 4 aromatic rings. The number of carbonyl (C=O) groups is 1. The topological polar surface area (TPSA) is 101 Å². The minimum atomic E-state index is -4.01. The van der Waals surface area contributed by atoms with E-state index in [0.717, 1.165) is 33.6 Å². The van der Waals surface area contributed by atoms with Crippen molar-refractivity contribution in [2.24, 2.45) is 0 Å². The Morgan fingerprint density at radius 1 is 0.879 bits per heavy atom. The zero-order chi connectivity index (χ0) is 23.4. The van der Waals surface area contributed by atoms with Crippen LogP contribution in [0.1, 0.15) is 38.7 Å². The molecule has 33 heavy (non-hydrogen) atoms. The molecule has 1 aromatic heterocycles. The van der Waals surface area contributed by atoms with Crippen LogP contribution in [-0.2, 0) is 10.0 Å². The fraction of sp³-hybridized carbons (Fsp3) is 0.125. The van der Waals surface area contributed by atoms with Crippen molar-refractivity contribution in [2.45, 2.75) is 24.2 Å². The molecule has 1 atom stereocenters. The first-order valence-electron chi connectivity index (χ1n) is 10.2. The first kappa shape index (κ1) is 22.8. The Bertz CT molecular complexity index is 1370. The van der Waals surface area contributed by atoms with Gasteiger partial charge < -0.3 is 0 Å². The molecular weight excluding hydrogens is 456 g/mol. The van der Waals surface area contributed by atoms with Crippen LogP contribution in [0.5, 0.6) is 0 Å². The van der Waals surface area contributed by atoms with Crippen LogP contribution >= 0.6 is 11.3 Å². The lowest BCUT2D eigenvalue weighted by Crippen LogP contribution is -2.30. The van der Waals surface area contributed by atoms with E-state index in [1.165, 1.54) is 0 Å². The second-order valence-electron chi connectivity index (χ2n) is 7.51. The molecule has 4 rings (SSSR count). The van der Waals surface area contributed by atoms with E-state index in [1.54, 1.807) is 12.1 Å². The summed E-state index contributed by atoms with van der Waals surface area (Å²) >= 11 is 0.798. The van der Waals surface area contributed by atoms with Crippen molar-refractivity contribution in [1.29, 1.82) is 0 Å². The van der Waals surface area contributed by atoms with Gasteiger partial charge in [-0.05, 0) is 42.7 Å². The molecular formula is C24H22N4O3S2. The molecule has 0 spiro atoms. The highest BCUT2D eigenvalue weighted by Crippen LogP contribution is 2.28. The second kappa shape index (κ2) is 9.62. The number of rotatable bonds is 7. The van der Waals surface area contributed by atoms with E-state index < -0.39 is 16.1 Å². The molecule has 0 unspecified atom stereocenters. The number of hydrogen-bond donors (Lipinski definition) is 2. The average Bonchev–Trinajstić information content (AvgIpc) is 3.29. The van der Waals surface area contributed by atoms with Crippen molar-refractivity contribution >= 4 is 32.4 Å². The van der Waals surface area contributed by atoms with Crippen molar-refractivity contribution < 1.29 is 13.2 Å². The second-order valence-corrected chi connectivity index (χ2v) is 10.4. The van der Waals surface area contributed by atoms with Gasteiger partial charge in [0.1, 0.15) is 0 Å². The summed E-state index contributed by atoms with van der Waals surface area (Å²) in [5.41, 5.74) is 4.07. The predicted octanol–water partition coefficient (Wildman–Crippen LogP) is 4.48. The Labute approximate surface area is 196 Å². The Balaban J connectivity index is 1.58. The minimum absolute atomic E-state index is 0.105. The monoisotopic (exact) mass is 478 g/mol. The molecule has 0 aliphatic rings. The zero-order valence-electron chi connectivity index (χ0n) is 18.0. The van der Waals surface area contributed by atoms with Gasteiger partial charge in [-0.1, -0.05) is 83.6 Å². The van der Waals surface area contributed by atoms with Gasteiger partial charge >= 0.3 is 0 Å². The molecule has 0 radical (unpaired) electrons. The van der Waals surface area contributed by atoms with E-state index in [9.17, 15) is 13.2 Å². The Morgan fingerprint density at radius 3 is 2.24 bits per heavy atom. The van der Waals surface area contributed by atoms with Gasteiger partial charge in [-0.2, -0.15) is 4.72 Å². The molecule has 7 nitrogen and oxygen atoms in total. The van der Waals surface area contributed by atoms with Crippen LogP contribution in [0.15, 0.2) is 83.2 Å². The van der Waals surface area contributed by atoms with Crippen LogP contribution < -0.4 is 10.0 Å². The Morgan fingerprint density at radius 2 is 1.55 bits per heavy atom. The molecule has 1 heterocycles. The normalized spacial score (nSPS) is 12.3. The number of hydrogen-bond acceptors (Lipinski definition) is 6. The molecule has 2 N–H and O–H groups in total. The lowest BCUT2D eigenvalue weighted by atomic mass is 9.96. The number of aryl methyl sites for hydroxylation is 2. The molecule has 0 fully saturated rings. The summed E-state index contributed by atoms with van der Waals surface area (Å²) in [6.07, 6.45) is 0. The molecule has 0 bridgehead atoms. The third kappa shape index (κ3) is 5.33. The summed E-state index contributed by atoms with van der Waals surface area (Å²) in [6.45, 7) is 3.86. The first-order chi connectivity index (χ1) is 15.8. The van der Waals surface area contributed by atoms with Gasteiger partial charge in [-0.3, -0.25) is 10.1 Å². The summed E-state index contributed by atoms with van der Waals surface area (Å²) in [4.78, 5) is 12.4. The van der Waals surface area contributed by atoms with Gasteiger partial charge in [0.15, 0.2) is 0 Å². The van der Waals surface area contributed by atoms with Crippen molar-refractivity contribution in [3.05, 3.63) is 107 Å². The molecule has 1 amide bonds. The van der Waals surface area contributed by atoms with E-state index in [-0.39, 0.29) is 15.4 Å². The minimum Gasteiger partial charge on any atom is -0.296 e. The molecule has 3 aromatic carbocycles. The molecule has 0 saturated carbocycles. The largest absolute Gasteiger partial charge is 0.296 e. The number of nitrogens with one attached hydrogen (secondary N) is 2. The van der Waals surface area contributed by atoms with Gasteiger partial charge in [0.2, 0.25) is 9.47 Å². The third-order valence-corrected chi connectivity index (χ3v) is 7.70. The lowest BCUT2D eigenvalue weighted by Gasteiger charge is -2.20. The highest BCUT2D eigenvalue weighted by Gasteiger charge is 2.27. The predicted molar refractivity (Wildman–Crippen MR) is 129 cm³/mol. The van der Waals surface area contributed by atoms with Gasteiger partial charge in [-0.25, -0.2) is 8.42 Å². The maximum absolute atomic E-state index is 13.2. The summed E-state index contributed by atoms with van der Waals surface area (Å²) in [5.74, 6) is -0.384. The fourth-order valence-corrected chi connectivity index (χ4v) is 5.43. The lowest BCUT2D eigenvalue weighted by molar-refractivity contribution is 0.102. The third-order valence-electron chi connectivity index (χ3n) is 5.08. The van der Waals surface area contributed by atoms with E-state index >= 15 is 0 Å². The van der Waals surface area contributed by atoms with Gasteiger partial charge in [0.05, 0.1) is 6.04 Å². The van der Waals surface area contributed by atoms with E-state index in [2.05, 4.69) is 20.2 Å². The fourth-order valence-electron chi connectivity index (χ4n) is 3.32. The van der Waals surface area contributed by atoms with Gasteiger partial charge in [0.25, 0.3) is 15.9 Å². The summed E-state index contributed by atoms with van der Waals surface area (Å²) < 4.78 is 28.9. The van der Waals surface area contributed by atoms with Crippen molar-refractivity contribution in [3.8, 4) is 0 Å². The highest BCUT2D eigenvalue weighted by molar-refractivity contribution is 7.91. The van der Waals surface area contributed by atoms with Crippen LogP contribution in [0.25, 0.3) is 0 Å². The maximum atomic E-state index is 13.2. The molecule has 0 saturated heterocycles. The van der Waals surface area contributed by atoms with E-state index in [1.807, 2.05) is 80.6 Å². The number of carbonyl (C=O) groups excluding carboxylic acids is 1. The smallest absolute Gasteiger partial charge is 0.270 e. The molecule has 168 valence electrons. The first-order valence-corrected chi connectivity index (χ1v) is 12.5. The quantitative estimate of drug-likeness (QED) is 0.382. The van der Waals surface area contributed by atoms with Crippen molar-refractivity contribution in [3.63, 3.8) is 0 Å². The summed E-state index contributed by atoms with van der Waals surface area (Å²) in [6, 6.07) is 23.4. The van der Waals surface area contributed by atoms with Crippen LogP contribution in [-0.4, -0.2) is 24.5 Å². The van der Waals surface area contributed by atoms with Crippen LogP contribution in [0.3, 0.4) is 0 Å². The zero-order valence-corrected chi connectivity index (χ0v) is 19.7. The van der Waals surface area contributed by atoms with Crippen molar-refractivity contribution in [1.82, 2.24) is 14.9 Å². The van der Waals surface area contributed by atoms with E-state index in [0.29, 0.717) is 5.56 Å². The number of anilines is 1. The summed E-state index contributed by atoms with van der Waals surface area (Å²) in [5, 5.41) is 10.4. The average molecular weight is 479 g/mol. The Hall–Kier alpha value is -3.40. The van der Waals surface area contributed by atoms with Crippen LogP contribution in [0.2, 0.25) is 0 Å². The molecule has 0 aliphatic heterocycles. The number of sulfonamides is 1. The highest BCUT2D eigenvalue weighted by atomic mass is 32.2. The van der Waals surface area contributed by atoms with Crippen LogP contribution in [0.4, 0.5) is 5.13 Å². The van der Waals surface area contributed by atoms with Crippen LogP contribution in [0, 0.1) is 13.8 Å². The molecule has 0 aliphatic carbocycles. The number of nitrogens with zero attached hydrogens (tertiary/aromatic N) is 2.